The topological polar surface area (TPSA) is 76.2 Å². The minimum absolute atomic E-state index is 0.128. The molecule has 0 radical (unpaired) electrons. The van der Waals surface area contributed by atoms with E-state index in [9.17, 15) is 4.79 Å². The van der Waals surface area contributed by atoms with Crippen molar-refractivity contribution in [1.29, 1.82) is 0 Å². The van der Waals surface area contributed by atoms with E-state index in [0.717, 1.165) is 16.7 Å². The third-order valence-corrected chi connectivity index (χ3v) is 3.23. The normalized spacial score (nSPS) is 10.5. The number of carbonyl (C=O) groups is 1. The van der Waals surface area contributed by atoms with Gasteiger partial charge in [0.05, 0.1) is 6.42 Å². The van der Waals surface area contributed by atoms with Gasteiger partial charge in [0.1, 0.15) is 6.42 Å². The molecule has 0 aliphatic carbocycles. The number of carboxylic acids is 1. The van der Waals surface area contributed by atoms with E-state index in [1.807, 2.05) is 42.5 Å². The first-order chi connectivity index (χ1) is 10.7. The minimum Gasteiger partial charge on any atom is -0.481 e. The van der Waals surface area contributed by atoms with Crippen molar-refractivity contribution in [3.8, 4) is 11.1 Å². The van der Waals surface area contributed by atoms with E-state index in [1.165, 1.54) is 0 Å². The Bertz CT molecular complexity index is 764. The van der Waals surface area contributed by atoms with Gasteiger partial charge in [-0.2, -0.15) is 0 Å². The average Bonchev–Trinajstić information content (AvgIpc) is 2.95. The van der Waals surface area contributed by atoms with Gasteiger partial charge < -0.3 is 9.52 Å². The third kappa shape index (κ3) is 3.38. The van der Waals surface area contributed by atoms with Crippen LogP contribution in [0, 0.1) is 0 Å². The van der Waals surface area contributed by atoms with Crippen molar-refractivity contribution in [2.45, 2.75) is 12.8 Å². The van der Waals surface area contributed by atoms with Crippen LogP contribution in [0.1, 0.15) is 17.3 Å². The van der Waals surface area contributed by atoms with Crippen LogP contribution < -0.4 is 0 Å². The molecule has 0 unspecified atom stereocenters. The van der Waals surface area contributed by atoms with Gasteiger partial charge in [-0.3, -0.25) is 4.79 Å². The van der Waals surface area contributed by atoms with Crippen LogP contribution in [0.4, 0.5) is 0 Å². The first kappa shape index (κ1) is 14.0. The summed E-state index contributed by atoms with van der Waals surface area (Å²) in [6.45, 7) is 0. The summed E-state index contributed by atoms with van der Waals surface area (Å²) in [5, 5.41) is 16.3. The Morgan fingerprint density at radius 2 is 1.55 bits per heavy atom. The molecule has 0 aliphatic heterocycles. The summed E-state index contributed by atoms with van der Waals surface area (Å²) in [5.41, 5.74) is 3.34. The van der Waals surface area contributed by atoms with Crippen molar-refractivity contribution >= 4 is 5.97 Å². The van der Waals surface area contributed by atoms with Crippen molar-refractivity contribution in [2.24, 2.45) is 0 Å². The second kappa shape index (κ2) is 6.22. The highest BCUT2D eigenvalue weighted by atomic mass is 16.4. The van der Waals surface area contributed by atoms with E-state index in [2.05, 4.69) is 22.3 Å². The van der Waals surface area contributed by atoms with E-state index in [1.54, 1.807) is 0 Å². The lowest BCUT2D eigenvalue weighted by molar-refractivity contribution is -0.136. The molecular formula is C17H14N2O3. The molecule has 22 heavy (non-hydrogen) atoms. The predicted octanol–water partition coefficient (Wildman–Crippen LogP) is 2.95. The molecule has 0 saturated carbocycles. The Morgan fingerprint density at radius 3 is 2.23 bits per heavy atom. The molecule has 0 atom stereocenters. The summed E-state index contributed by atoms with van der Waals surface area (Å²) in [6.07, 6.45) is 0.238. The van der Waals surface area contributed by atoms with Gasteiger partial charge in [0.2, 0.25) is 11.8 Å². The quantitative estimate of drug-likeness (QED) is 0.783. The van der Waals surface area contributed by atoms with Gasteiger partial charge in [-0.15, -0.1) is 10.2 Å². The molecule has 5 nitrogen and oxygen atoms in total. The number of hydrogen-bond donors (Lipinski definition) is 1. The third-order valence-electron chi connectivity index (χ3n) is 3.23. The first-order valence-corrected chi connectivity index (χ1v) is 6.88. The molecule has 0 amide bonds. The number of carboxylic acid groups (broad SMARTS) is 1. The number of nitrogens with zero attached hydrogens (tertiary/aromatic N) is 2. The molecule has 0 aliphatic rings. The number of aliphatic carboxylic acids is 1. The van der Waals surface area contributed by atoms with E-state index < -0.39 is 5.97 Å². The highest BCUT2D eigenvalue weighted by Crippen LogP contribution is 2.20. The molecule has 110 valence electrons. The van der Waals surface area contributed by atoms with Crippen LogP contribution in [-0.4, -0.2) is 21.3 Å². The lowest BCUT2D eigenvalue weighted by atomic mass is 10.0. The van der Waals surface area contributed by atoms with Gasteiger partial charge >= 0.3 is 5.97 Å². The van der Waals surface area contributed by atoms with Gasteiger partial charge in [0.25, 0.3) is 0 Å². The van der Waals surface area contributed by atoms with Gasteiger partial charge in [-0.25, -0.2) is 0 Å². The first-order valence-electron chi connectivity index (χ1n) is 6.88. The molecule has 0 spiro atoms. The SMILES string of the molecule is O=C(O)Cc1nnc(Cc2ccc(-c3ccccc3)cc2)o1. The van der Waals surface area contributed by atoms with Crippen molar-refractivity contribution < 1.29 is 14.3 Å². The molecule has 0 saturated heterocycles. The largest absolute Gasteiger partial charge is 0.481 e. The van der Waals surface area contributed by atoms with E-state index in [-0.39, 0.29) is 12.3 Å². The highest BCUT2D eigenvalue weighted by molar-refractivity contribution is 5.68. The summed E-state index contributed by atoms with van der Waals surface area (Å²) in [5.74, 6) is -0.436. The van der Waals surface area contributed by atoms with Crippen LogP contribution in [0.5, 0.6) is 0 Å². The van der Waals surface area contributed by atoms with Crippen molar-refractivity contribution in [3.63, 3.8) is 0 Å². The monoisotopic (exact) mass is 294 g/mol. The van der Waals surface area contributed by atoms with Crippen LogP contribution in [0.2, 0.25) is 0 Å². The van der Waals surface area contributed by atoms with E-state index >= 15 is 0 Å². The van der Waals surface area contributed by atoms with Gasteiger partial charge in [0, 0.05) is 0 Å². The minimum atomic E-state index is -0.984. The van der Waals surface area contributed by atoms with Gasteiger partial charge in [-0.05, 0) is 16.7 Å². The number of benzene rings is 2. The summed E-state index contributed by atoms with van der Waals surface area (Å²) >= 11 is 0. The van der Waals surface area contributed by atoms with Crippen molar-refractivity contribution in [3.05, 3.63) is 71.9 Å². The summed E-state index contributed by atoms with van der Waals surface area (Å²) < 4.78 is 5.31. The molecule has 1 aromatic heterocycles. The predicted molar refractivity (Wildman–Crippen MR) is 80.3 cm³/mol. The number of rotatable bonds is 5. The Kier molecular flexibility index (Phi) is 3.96. The Morgan fingerprint density at radius 1 is 0.909 bits per heavy atom. The molecule has 0 bridgehead atoms. The summed E-state index contributed by atoms with van der Waals surface area (Å²) in [7, 11) is 0. The second-order valence-corrected chi connectivity index (χ2v) is 4.90. The summed E-state index contributed by atoms with van der Waals surface area (Å²) in [4.78, 5) is 10.6. The van der Waals surface area contributed by atoms with Crippen LogP contribution in [0.15, 0.2) is 59.0 Å². The zero-order valence-corrected chi connectivity index (χ0v) is 11.8. The van der Waals surface area contributed by atoms with Crippen LogP contribution in [0.3, 0.4) is 0 Å². The number of aromatic nitrogens is 2. The fourth-order valence-electron chi connectivity index (χ4n) is 2.18. The Labute approximate surface area is 127 Å². The molecule has 1 heterocycles. The van der Waals surface area contributed by atoms with Crippen molar-refractivity contribution in [2.75, 3.05) is 0 Å². The highest BCUT2D eigenvalue weighted by Gasteiger charge is 2.10. The number of hydrogen-bond acceptors (Lipinski definition) is 4. The molecule has 2 aromatic carbocycles. The van der Waals surface area contributed by atoms with Crippen LogP contribution in [0.25, 0.3) is 11.1 Å². The maximum atomic E-state index is 10.6. The Balaban J connectivity index is 1.71. The fraction of sp³-hybridized carbons (Fsp3) is 0.118. The molecule has 1 N–H and O–H groups in total. The van der Waals surface area contributed by atoms with Crippen LogP contribution in [-0.2, 0) is 17.6 Å². The Hall–Kier alpha value is -2.95. The standard InChI is InChI=1S/C17H14N2O3/c20-17(21)11-16-19-18-15(22-16)10-12-6-8-14(9-7-12)13-4-2-1-3-5-13/h1-9H,10-11H2,(H,20,21). The van der Waals surface area contributed by atoms with Gasteiger partial charge in [0.15, 0.2) is 0 Å². The van der Waals surface area contributed by atoms with E-state index in [0.29, 0.717) is 12.3 Å². The van der Waals surface area contributed by atoms with E-state index in [4.69, 9.17) is 9.52 Å². The molecule has 3 aromatic rings. The zero-order valence-electron chi connectivity index (χ0n) is 11.8. The fourth-order valence-corrected chi connectivity index (χ4v) is 2.18. The molecule has 0 fully saturated rings. The average molecular weight is 294 g/mol. The maximum Gasteiger partial charge on any atom is 0.312 e. The van der Waals surface area contributed by atoms with Crippen LogP contribution >= 0.6 is 0 Å². The van der Waals surface area contributed by atoms with Gasteiger partial charge in [-0.1, -0.05) is 54.6 Å². The zero-order chi connectivity index (χ0) is 15.4. The lowest BCUT2D eigenvalue weighted by Crippen LogP contribution is -1.99. The smallest absolute Gasteiger partial charge is 0.312 e. The second-order valence-electron chi connectivity index (χ2n) is 4.90. The van der Waals surface area contributed by atoms with Crippen molar-refractivity contribution in [1.82, 2.24) is 10.2 Å². The lowest BCUT2D eigenvalue weighted by Gasteiger charge is -2.03. The maximum absolute atomic E-state index is 10.6. The molecule has 5 heteroatoms. The molecule has 3 rings (SSSR count). The molecular weight excluding hydrogens is 280 g/mol. The summed E-state index contributed by atoms with van der Waals surface area (Å²) in [6, 6.07) is 18.2.